The zero-order chi connectivity index (χ0) is 26.1. The van der Waals surface area contributed by atoms with Crippen LogP contribution in [0.25, 0.3) is 11.0 Å². The van der Waals surface area contributed by atoms with Gasteiger partial charge >= 0.3 is 5.97 Å². The van der Waals surface area contributed by atoms with Crippen LogP contribution in [0.1, 0.15) is 38.3 Å². The van der Waals surface area contributed by atoms with Gasteiger partial charge in [0.25, 0.3) is 11.5 Å². The maximum Gasteiger partial charge on any atom is 0.306 e. The number of para-hydroxylation sites is 2. The van der Waals surface area contributed by atoms with Gasteiger partial charge in [-0.2, -0.15) is 0 Å². The van der Waals surface area contributed by atoms with Crippen LogP contribution in [0.2, 0.25) is 0 Å². The van der Waals surface area contributed by atoms with Crippen molar-refractivity contribution >= 4 is 34.5 Å². The molecule has 0 aliphatic carbocycles. The summed E-state index contributed by atoms with van der Waals surface area (Å²) in [5, 5.41) is 0. The Labute approximate surface area is 207 Å². The van der Waals surface area contributed by atoms with Crippen LogP contribution in [0, 0.1) is 5.82 Å². The molecule has 1 heterocycles. The molecule has 1 aromatic heterocycles. The molecule has 0 saturated carbocycles. The zero-order valence-electron chi connectivity index (χ0n) is 20.1. The van der Waals surface area contributed by atoms with Crippen LogP contribution in [-0.4, -0.2) is 40.5 Å². The lowest BCUT2D eigenvalue weighted by Crippen LogP contribution is -2.37. The summed E-state index contributed by atoms with van der Waals surface area (Å²) < 4.78 is 20.1. The van der Waals surface area contributed by atoms with Gasteiger partial charge in [0, 0.05) is 31.6 Å². The Balaban J connectivity index is 1.65. The van der Waals surface area contributed by atoms with Crippen LogP contribution in [0.15, 0.2) is 53.3 Å². The molecule has 0 bridgehead atoms. The van der Waals surface area contributed by atoms with E-state index in [1.807, 2.05) is 31.2 Å². The molecule has 0 unspecified atom stereocenters. The molecule has 0 radical (unpaired) electrons. The van der Waals surface area contributed by atoms with Crippen molar-refractivity contribution < 1.29 is 23.5 Å². The summed E-state index contributed by atoms with van der Waals surface area (Å²) in [6, 6.07) is 12.4. The van der Waals surface area contributed by atoms with Gasteiger partial charge in [0.1, 0.15) is 11.5 Å². The van der Waals surface area contributed by atoms with E-state index in [4.69, 9.17) is 10.5 Å². The smallest absolute Gasteiger partial charge is 0.306 e. The number of aromatic nitrogens is 2. The first kappa shape index (κ1) is 26.5. The number of nitrogens with zero attached hydrogens (tertiary/aromatic N) is 3. The van der Waals surface area contributed by atoms with E-state index in [0.29, 0.717) is 17.7 Å². The minimum Gasteiger partial charge on any atom is -0.456 e. The van der Waals surface area contributed by atoms with Gasteiger partial charge in [-0.25, -0.2) is 9.37 Å². The van der Waals surface area contributed by atoms with Gasteiger partial charge in [-0.05, 0) is 42.8 Å². The summed E-state index contributed by atoms with van der Waals surface area (Å²) in [6.45, 7) is 1.96. The monoisotopic (exact) mass is 496 g/mol. The summed E-state index contributed by atoms with van der Waals surface area (Å²) in [5.41, 5.74) is 6.93. The number of unbranched alkanes of at least 4 members (excludes halogenated alkanes) is 1. The molecule has 2 amide bonds. The Kier molecular flexibility index (Phi) is 9.26. The third-order valence-electron chi connectivity index (χ3n) is 5.60. The number of rotatable bonds is 12. The Morgan fingerprint density at radius 3 is 2.50 bits per heavy atom. The number of esters is 1. The van der Waals surface area contributed by atoms with E-state index in [0.717, 1.165) is 18.4 Å². The average molecular weight is 497 g/mol. The number of halogens is 1. The number of aryl methyl sites for hydroxylation is 2. The molecule has 0 atom stereocenters. The molecule has 10 heteroatoms. The van der Waals surface area contributed by atoms with Crippen LogP contribution < -0.4 is 16.2 Å². The molecule has 0 spiro atoms. The third-order valence-corrected chi connectivity index (χ3v) is 5.60. The first-order chi connectivity index (χ1) is 17.3. The van der Waals surface area contributed by atoms with Crippen LogP contribution in [0.3, 0.4) is 0 Å². The van der Waals surface area contributed by atoms with E-state index in [9.17, 15) is 23.6 Å². The summed E-state index contributed by atoms with van der Waals surface area (Å²) in [6.07, 6.45) is 1.56. The molecule has 3 aromatic rings. The quantitative estimate of drug-likeness (QED) is 0.385. The van der Waals surface area contributed by atoms with E-state index < -0.39 is 30.2 Å². The fraction of sp³-hybridized carbons (Fsp3) is 0.346. The highest BCUT2D eigenvalue weighted by Crippen LogP contribution is 2.16. The number of nitrogens with two attached hydrogens (primary N) is 1. The van der Waals surface area contributed by atoms with Crippen molar-refractivity contribution in [1.82, 2.24) is 9.55 Å². The fourth-order valence-electron chi connectivity index (χ4n) is 3.70. The average Bonchev–Trinajstić information content (AvgIpc) is 2.86. The number of carbonyl (C=O) groups excluding carboxylic acids is 3. The molecular formula is C26H29FN4O5. The second kappa shape index (κ2) is 12.6. The number of hydrogen-bond donors (Lipinski definition) is 1. The zero-order valence-corrected chi connectivity index (χ0v) is 20.1. The Bertz CT molecular complexity index is 1290. The summed E-state index contributed by atoms with van der Waals surface area (Å²) >= 11 is 0. The molecule has 0 aliphatic rings. The fourth-order valence-corrected chi connectivity index (χ4v) is 3.70. The van der Waals surface area contributed by atoms with E-state index >= 15 is 0 Å². The Hall–Kier alpha value is -4.08. The van der Waals surface area contributed by atoms with Crippen LogP contribution in [0.4, 0.5) is 10.1 Å². The second-order valence-corrected chi connectivity index (χ2v) is 8.26. The van der Waals surface area contributed by atoms with Gasteiger partial charge in [-0.3, -0.25) is 19.2 Å². The van der Waals surface area contributed by atoms with Gasteiger partial charge in [-0.15, -0.1) is 0 Å². The van der Waals surface area contributed by atoms with Crippen molar-refractivity contribution in [3.05, 3.63) is 70.4 Å². The minimum absolute atomic E-state index is 0.0460. The Morgan fingerprint density at radius 1 is 1.08 bits per heavy atom. The predicted molar refractivity (Wildman–Crippen MR) is 133 cm³/mol. The molecule has 2 N–H and O–H groups in total. The number of amides is 2. The number of hydrogen-bond acceptors (Lipinski definition) is 6. The highest BCUT2D eigenvalue weighted by atomic mass is 19.1. The van der Waals surface area contributed by atoms with Crippen LogP contribution in [-0.2, 0) is 32.1 Å². The molecule has 36 heavy (non-hydrogen) atoms. The molecule has 3 rings (SSSR count). The number of ether oxygens (including phenoxy) is 1. The minimum atomic E-state index is -0.674. The first-order valence-electron chi connectivity index (χ1n) is 11.8. The van der Waals surface area contributed by atoms with Gasteiger partial charge < -0.3 is 19.9 Å². The molecule has 0 saturated heterocycles. The largest absolute Gasteiger partial charge is 0.456 e. The SMILES string of the molecule is CCCCn1c(=O)c(CCC(=O)OCC(=O)N(CCC(N)=O)c2ccc(F)cc2)nc2ccccc21. The van der Waals surface area contributed by atoms with Crippen molar-refractivity contribution in [2.45, 2.75) is 45.6 Å². The highest BCUT2D eigenvalue weighted by Gasteiger charge is 2.19. The lowest BCUT2D eigenvalue weighted by Gasteiger charge is -2.22. The molecule has 2 aromatic carbocycles. The second-order valence-electron chi connectivity index (χ2n) is 8.26. The van der Waals surface area contributed by atoms with E-state index in [1.165, 1.54) is 29.2 Å². The van der Waals surface area contributed by atoms with Crippen molar-refractivity contribution in [2.75, 3.05) is 18.1 Å². The summed E-state index contributed by atoms with van der Waals surface area (Å²) in [5.74, 6) is -2.36. The van der Waals surface area contributed by atoms with Gasteiger partial charge in [0.15, 0.2) is 6.61 Å². The van der Waals surface area contributed by atoms with Gasteiger partial charge in [0.05, 0.1) is 17.5 Å². The number of benzene rings is 2. The Morgan fingerprint density at radius 2 is 1.81 bits per heavy atom. The van der Waals surface area contributed by atoms with Gasteiger partial charge in [-0.1, -0.05) is 25.5 Å². The van der Waals surface area contributed by atoms with E-state index in [1.54, 1.807) is 4.57 Å². The van der Waals surface area contributed by atoms with Crippen LogP contribution in [0.5, 0.6) is 0 Å². The van der Waals surface area contributed by atoms with Crippen molar-refractivity contribution in [3.63, 3.8) is 0 Å². The number of primary amides is 1. The lowest BCUT2D eigenvalue weighted by molar-refractivity contribution is -0.147. The normalized spacial score (nSPS) is 10.8. The van der Waals surface area contributed by atoms with Gasteiger partial charge in [0.2, 0.25) is 5.91 Å². The molecule has 0 fully saturated rings. The van der Waals surface area contributed by atoms with Crippen molar-refractivity contribution in [2.24, 2.45) is 5.73 Å². The summed E-state index contributed by atoms with van der Waals surface area (Å²) in [4.78, 5) is 54.9. The number of fused-ring (bicyclic) bond motifs is 1. The molecular weight excluding hydrogens is 467 g/mol. The predicted octanol–water partition coefficient (Wildman–Crippen LogP) is 2.72. The topological polar surface area (TPSA) is 125 Å². The van der Waals surface area contributed by atoms with E-state index in [-0.39, 0.29) is 37.1 Å². The van der Waals surface area contributed by atoms with Crippen molar-refractivity contribution in [1.29, 1.82) is 0 Å². The molecule has 0 aliphatic heterocycles. The standard InChI is InChI=1S/C26H29FN4O5/c1-2-3-15-31-22-7-5-4-6-20(22)29-21(26(31)35)12-13-25(34)36-17-24(33)30(16-14-23(28)32)19-10-8-18(27)9-11-19/h4-11H,2-3,12-17H2,1H3,(H2,28,32). The number of anilines is 1. The molecule has 9 nitrogen and oxygen atoms in total. The summed E-state index contributed by atoms with van der Waals surface area (Å²) in [7, 11) is 0. The van der Waals surface area contributed by atoms with E-state index in [2.05, 4.69) is 4.98 Å². The lowest BCUT2D eigenvalue weighted by atomic mass is 10.2. The molecule has 190 valence electrons. The van der Waals surface area contributed by atoms with Crippen molar-refractivity contribution in [3.8, 4) is 0 Å². The number of carbonyl (C=O) groups is 3. The maximum atomic E-state index is 13.3. The third kappa shape index (κ3) is 6.97. The van der Waals surface area contributed by atoms with Crippen LogP contribution >= 0.6 is 0 Å². The first-order valence-corrected chi connectivity index (χ1v) is 11.8. The highest BCUT2D eigenvalue weighted by molar-refractivity contribution is 5.95. The maximum absolute atomic E-state index is 13.3.